The minimum absolute atomic E-state index is 0.000860. The van der Waals surface area contributed by atoms with Gasteiger partial charge in [0.15, 0.2) is 0 Å². The van der Waals surface area contributed by atoms with Crippen molar-refractivity contribution < 1.29 is 19.1 Å². The molecule has 1 aromatic carbocycles. The van der Waals surface area contributed by atoms with Crippen molar-refractivity contribution in [3.8, 4) is 0 Å². The van der Waals surface area contributed by atoms with Crippen LogP contribution in [0.2, 0.25) is 0 Å². The smallest absolute Gasteiger partial charge is 0.222 e. The van der Waals surface area contributed by atoms with Crippen LogP contribution in [0.3, 0.4) is 0 Å². The highest BCUT2D eigenvalue weighted by Crippen LogP contribution is 2.40. The third-order valence-corrected chi connectivity index (χ3v) is 5.79. The maximum Gasteiger partial charge on any atom is 0.222 e. The van der Waals surface area contributed by atoms with Gasteiger partial charge in [-0.3, -0.25) is 9.59 Å². The summed E-state index contributed by atoms with van der Waals surface area (Å²) in [7, 11) is 0. The van der Waals surface area contributed by atoms with Gasteiger partial charge in [0.2, 0.25) is 11.8 Å². The van der Waals surface area contributed by atoms with Crippen molar-refractivity contribution in [3.63, 3.8) is 0 Å². The molecule has 26 heavy (non-hydrogen) atoms. The summed E-state index contributed by atoms with van der Waals surface area (Å²) in [5, 5.41) is 10.1. The molecule has 3 rings (SSSR count). The second-order valence-electron chi connectivity index (χ2n) is 7.76. The SMILES string of the molecule is CC(=O)N1CC(O)CC2(CCN(C(=O)CCc3ccc(F)cc3)CC2)C1. The van der Waals surface area contributed by atoms with Crippen LogP contribution in [0.15, 0.2) is 24.3 Å². The van der Waals surface area contributed by atoms with Crippen molar-refractivity contribution in [2.45, 2.75) is 45.1 Å². The number of hydrogen-bond acceptors (Lipinski definition) is 3. The number of aryl methyl sites for hydroxylation is 1. The second-order valence-corrected chi connectivity index (χ2v) is 7.76. The summed E-state index contributed by atoms with van der Waals surface area (Å²) < 4.78 is 12.9. The number of halogens is 1. The average molecular weight is 362 g/mol. The standard InChI is InChI=1S/C20H27FN2O3/c1-15(24)23-13-18(25)12-20(14-23)8-10-22(11-9-20)19(26)7-4-16-2-5-17(21)6-3-16/h2-3,5-6,18,25H,4,7-14H2,1H3. The molecule has 6 heteroatoms. The molecule has 2 aliphatic heterocycles. The number of rotatable bonds is 3. The third kappa shape index (κ3) is 4.41. The topological polar surface area (TPSA) is 60.9 Å². The van der Waals surface area contributed by atoms with Crippen molar-refractivity contribution >= 4 is 11.8 Å². The number of aliphatic hydroxyl groups excluding tert-OH is 1. The molecule has 5 nitrogen and oxygen atoms in total. The van der Waals surface area contributed by atoms with Gasteiger partial charge < -0.3 is 14.9 Å². The van der Waals surface area contributed by atoms with Crippen LogP contribution in [-0.4, -0.2) is 59.0 Å². The first-order valence-corrected chi connectivity index (χ1v) is 9.33. The molecule has 1 N–H and O–H groups in total. The number of nitrogens with zero attached hydrogens (tertiary/aromatic N) is 2. The van der Waals surface area contributed by atoms with Gasteiger partial charge in [-0.2, -0.15) is 0 Å². The van der Waals surface area contributed by atoms with E-state index in [1.807, 2.05) is 4.90 Å². The molecular formula is C20H27FN2O3. The molecule has 0 aliphatic carbocycles. The Morgan fingerprint density at radius 2 is 1.85 bits per heavy atom. The van der Waals surface area contributed by atoms with E-state index in [1.54, 1.807) is 24.0 Å². The van der Waals surface area contributed by atoms with E-state index in [9.17, 15) is 19.1 Å². The molecule has 0 aromatic heterocycles. The largest absolute Gasteiger partial charge is 0.391 e. The van der Waals surface area contributed by atoms with Gasteiger partial charge in [0, 0.05) is 39.5 Å². The van der Waals surface area contributed by atoms with Crippen LogP contribution < -0.4 is 0 Å². The third-order valence-electron chi connectivity index (χ3n) is 5.79. The van der Waals surface area contributed by atoms with Gasteiger partial charge in [-0.1, -0.05) is 12.1 Å². The number of likely N-dealkylation sites (tertiary alicyclic amines) is 2. The molecule has 0 bridgehead atoms. The number of benzene rings is 1. The Morgan fingerprint density at radius 3 is 2.46 bits per heavy atom. The maximum atomic E-state index is 12.9. The normalized spacial score (nSPS) is 22.5. The highest BCUT2D eigenvalue weighted by atomic mass is 19.1. The number of piperidine rings is 2. The highest BCUT2D eigenvalue weighted by molar-refractivity contribution is 5.76. The zero-order valence-corrected chi connectivity index (χ0v) is 15.3. The Hall–Kier alpha value is -1.95. The van der Waals surface area contributed by atoms with Crippen LogP contribution in [0, 0.1) is 11.2 Å². The maximum absolute atomic E-state index is 12.9. The first-order chi connectivity index (χ1) is 12.4. The van der Waals surface area contributed by atoms with Crippen LogP contribution in [0.1, 0.15) is 38.2 Å². The molecule has 2 aliphatic rings. The van der Waals surface area contributed by atoms with E-state index >= 15 is 0 Å². The fourth-order valence-corrected chi connectivity index (χ4v) is 4.25. The minimum Gasteiger partial charge on any atom is -0.391 e. The monoisotopic (exact) mass is 362 g/mol. The minimum atomic E-state index is -0.478. The molecule has 142 valence electrons. The molecular weight excluding hydrogens is 335 g/mol. The Balaban J connectivity index is 1.51. The van der Waals surface area contributed by atoms with E-state index in [0.29, 0.717) is 45.4 Å². The number of carbonyl (C=O) groups is 2. The summed E-state index contributed by atoms with van der Waals surface area (Å²) in [5.74, 6) is -0.152. The Bertz CT molecular complexity index is 654. The summed E-state index contributed by atoms with van der Waals surface area (Å²) in [4.78, 5) is 27.8. The first-order valence-electron chi connectivity index (χ1n) is 9.33. The van der Waals surface area contributed by atoms with E-state index < -0.39 is 6.10 Å². The summed E-state index contributed by atoms with van der Waals surface area (Å²) >= 11 is 0. The van der Waals surface area contributed by atoms with Crippen LogP contribution in [0.5, 0.6) is 0 Å². The van der Waals surface area contributed by atoms with Gasteiger partial charge in [-0.05, 0) is 48.8 Å². The molecule has 1 unspecified atom stereocenters. The number of amides is 2. The van der Waals surface area contributed by atoms with Crippen LogP contribution in [0.4, 0.5) is 4.39 Å². The van der Waals surface area contributed by atoms with Crippen molar-refractivity contribution in [1.29, 1.82) is 0 Å². The van der Waals surface area contributed by atoms with Crippen LogP contribution in [0.25, 0.3) is 0 Å². The molecule has 2 fully saturated rings. The lowest BCUT2D eigenvalue weighted by Crippen LogP contribution is -2.55. The van der Waals surface area contributed by atoms with E-state index in [2.05, 4.69) is 0 Å². The summed E-state index contributed by atoms with van der Waals surface area (Å²) in [6.07, 6.45) is 2.88. The number of hydrogen-bond donors (Lipinski definition) is 1. The van der Waals surface area contributed by atoms with Gasteiger partial charge >= 0.3 is 0 Å². The Kier molecular flexibility index (Phi) is 5.61. The molecule has 1 spiro atoms. The summed E-state index contributed by atoms with van der Waals surface area (Å²) in [6.45, 7) is 3.97. The average Bonchev–Trinajstić information content (AvgIpc) is 2.61. The Labute approximate surface area is 153 Å². The quantitative estimate of drug-likeness (QED) is 0.894. The molecule has 1 atom stereocenters. The predicted molar refractivity (Wildman–Crippen MR) is 95.8 cm³/mol. The Morgan fingerprint density at radius 1 is 1.19 bits per heavy atom. The molecule has 2 saturated heterocycles. The molecule has 1 aromatic rings. The van der Waals surface area contributed by atoms with Gasteiger partial charge in [-0.15, -0.1) is 0 Å². The zero-order chi connectivity index (χ0) is 18.7. The van der Waals surface area contributed by atoms with Crippen molar-refractivity contribution in [1.82, 2.24) is 9.80 Å². The molecule has 2 amide bonds. The molecule has 0 saturated carbocycles. The lowest BCUT2D eigenvalue weighted by molar-refractivity contribution is -0.142. The van der Waals surface area contributed by atoms with Gasteiger partial charge in [-0.25, -0.2) is 4.39 Å². The van der Waals surface area contributed by atoms with E-state index in [1.165, 1.54) is 12.1 Å². The fourth-order valence-electron chi connectivity index (χ4n) is 4.25. The number of aliphatic hydroxyl groups is 1. The van der Waals surface area contributed by atoms with Crippen LogP contribution in [-0.2, 0) is 16.0 Å². The second kappa shape index (κ2) is 7.74. The molecule has 2 heterocycles. The van der Waals surface area contributed by atoms with Crippen molar-refractivity contribution in [2.24, 2.45) is 5.41 Å². The van der Waals surface area contributed by atoms with Crippen LogP contribution >= 0.6 is 0 Å². The lowest BCUT2D eigenvalue weighted by Gasteiger charge is -2.49. The van der Waals surface area contributed by atoms with Crippen molar-refractivity contribution in [3.05, 3.63) is 35.6 Å². The van der Waals surface area contributed by atoms with Gasteiger partial charge in [0.25, 0.3) is 0 Å². The highest BCUT2D eigenvalue weighted by Gasteiger charge is 2.42. The number of β-amino-alcohol motifs (C(OH)–C–C–N with tert-alkyl or cyclic N) is 1. The van der Waals surface area contributed by atoms with E-state index in [0.717, 1.165) is 18.4 Å². The number of carbonyl (C=O) groups excluding carboxylic acids is 2. The summed E-state index contributed by atoms with van der Waals surface area (Å²) in [6, 6.07) is 6.26. The molecule has 0 radical (unpaired) electrons. The van der Waals surface area contributed by atoms with E-state index in [-0.39, 0.29) is 23.0 Å². The van der Waals surface area contributed by atoms with E-state index in [4.69, 9.17) is 0 Å². The zero-order valence-electron chi connectivity index (χ0n) is 15.3. The fraction of sp³-hybridized carbons (Fsp3) is 0.600. The van der Waals surface area contributed by atoms with Gasteiger partial charge in [0.1, 0.15) is 5.82 Å². The van der Waals surface area contributed by atoms with Crippen molar-refractivity contribution in [2.75, 3.05) is 26.2 Å². The first kappa shape index (κ1) is 18.8. The lowest BCUT2D eigenvalue weighted by atomic mass is 9.71. The van der Waals surface area contributed by atoms with Gasteiger partial charge in [0.05, 0.1) is 6.10 Å². The summed E-state index contributed by atoms with van der Waals surface area (Å²) in [5.41, 5.74) is 0.887. The predicted octanol–water partition coefficient (Wildman–Crippen LogP) is 1.98.